The van der Waals surface area contributed by atoms with Gasteiger partial charge in [-0.25, -0.2) is 0 Å². The van der Waals surface area contributed by atoms with Gasteiger partial charge in [-0.1, -0.05) is 19.1 Å². The Hall–Kier alpha value is -1.39. The zero-order valence-corrected chi connectivity index (χ0v) is 13.4. The number of pyridine rings is 1. The van der Waals surface area contributed by atoms with E-state index >= 15 is 0 Å². The Bertz CT molecular complexity index is 542. The summed E-state index contributed by atoms with van der Waals surface area (Å²) >= 11 is 3.48. The molecule has 3 nitrogen and oxygen atoms in total. The van der Waals surface area contributed by atoms with E-state index in [2.05, 4.69) is 51.4 Å². The van der Waals surface area contributed by atoms with Crippen molar-refractivity contribution in [3.63, 3.8) is 0 Å². The van der Waals surface area contributed by atoms with Crippen LogP contribution in [0.4, 0.5) is 0 Å². The molecule has 0 aliphatic carbocycles. The van der Waals surface area contributed by atoms with Gasteiger partial charge in [0.1, 0.15) is 5.75 Å². The van der Waals surface area contributed by atoms with Crippen molar-refractivity contribution in [1.29, 1.82) is 0 Å². The minimum absolute atomic E-state index is 0.144. The molecule has 20 heavy (non-hydrogen) atoms. The lowest BCUT2D eigenvalue weighted by molar-refractivity contribution is 0.414. The van der Waals surface area contributed by atoms with E-state index in [9.17, 15) is 0 Å². The molecule has 0 saturated heterocycles. The third kappa shape index (κ3) is 3.81. The maximum Gasteiger partial charge on any atom is 0.118 e. The number of ether oxygens (including phenoxy) is 1. The first kappa shape index (κ1) is 15.0. The average molecular weight is 335 g/mol. The summed E-state index contributed by atoms with van der Waals surface area (Å²) in [6.45, 7) is 3.13. The van der Waals surface area contributed by atoms with E-state index in [1.165, 1.54) is 5.56 Å². The molecule has 4 heteroatoms. The van der Waals surface area contributed by atoms with E-state index < -0.39 is 0 Å². The molecular weight excluding hydrogens is 316 g/mol. The van der Waals surface area contributed by atoms with Gasteiger partial charge in [-0.15, -0.1) is 0 Å². The highest BCUT2D eigenvalue weighted by molar-refractivity contribution is 9.10. The van der Waals surface area contributed by atoms with Gasteiger partial charge >= 0.3 is 0 Å². The molecule has 2 aromatic rings. The molecule has 0 spiro atoms. The highest BCUT2D eigenvalue weighted by Crippen LogP contribution is 2.25. The lowest BCUT2D eigenvalue weighted by atomic mass is 10.00. The molecule has 0 fully saturated rings. The van der Waals surface area contributed by atoms with Crippen molar-refractivity contribution < 1.29 is 4.74 Å². The van der Waals surface area contributed by atoms with Crippen molar-refractivity contribution in [2.75, 3.05) is 13.7 Å². The first-order chi connectivity index (χ1) is 9.74. The van der Waals surface area contributed by atoms with Crippen LogP contribution in [0, 0.1) is 0 Å². The first-order valence-corrected chi connectivity index (χ1v) is 7.51. The Balaban J connectivity index is 2.30. The Labute approximate surface area is 128 Å². The monoisotopic (exact) mass is 334 g/mol. The van der Waals surface area contributed by atoms with E-state index in [-0.39, 0.29) is 6.04 Å². The SMILES string of the molecule is CCCNC(c1ccc(OC)cc1)c1cncc(Br)c1. The molecule has 1 unspecified atom stereocenters. The number of hydrogen-bond donors (Lipinski definition) is 1. The Morgan fingerprint density at radius 2 is 1.95 bits per heavy atom. The van der Waals surface area contributed by atoms with E-state index in [1.807, 2.05) is 18.3 Å². The van der Waals surface area contributed by atoms with Crippen LogP contribution in [-0.2, 0) is 0 Å². The quantitative estimate of drug-likeness (QED) is 0.868. The summed E-state index contributed by atoms with van der Waals surface area (Å²) in [5, 5.41) is 3.57. The number of aromatic nitrogens is 1. The van der Waals surface area contributed by atoms with Crippen LogP contribution in [0.3, 0.4) is 0 Å². The van der Waals surface area contributed by atoms with Crippen LogP contribution in [0.2, 0.25) is 0 Å². The van der Waals surface area contributed by atoms with Crippen LogP contribution >= 0.6 is 15.9 Å². The van der Waals surface area contributed by atoms with Gasteiger partial charge < -0.3 is 10.1 Å². The van der Waals surface area contributed by atoms with Crippen molar-refractivity contribution in [2.24, 2.45) is 0 Å². The Morgan fingerprint density at radius 1 is 1.20 bits per heavy atom. The second-order valence-corrected chi connectivity index (χ2v) is 5.51. The minimum atomic E-state index is 0.144. The standard InChI is InChI=1S/C16H19BrN2O/c1-3-8-19-16(13-9-14(17)11-18-10-13)12-4-6-15(20-2)7-5-12/h4-7,9-11,16,19H,3,8H2,1-2H3. The third-order valence-electron chi connectivity index (χ3n) is 3.11. The lowest BCUT2D eigenvalue weighted by Gasteiger charge is -2.19. The maximum atomic E-state index is 5.21. The van der Waals surface area contributed by atoms with E-state index in [4.69, 9.17) is 4.74 Å². The van der Waals surface area contributed by atoms with Gasteiger partial charge in [-0.2, -0.15) is 0 Å². The minimum Gasteiger partial charge on any atom is -0.497 e. The molecule has 0 saturated carbocycles. The number of benzene rings is 1. The van der Waals surface area contributed by atoms with Crippen LogP contribution < -0.4 is 10.1 Å². The number of nitrogens with zero attached hydrogens (tertiary/aromatic N) is 1. The molecular formula is C16H19BrN2O. The summed E-state index contributed by atoms with van der Waals surface area (Å²) in [6, 6.07) is 10.4. The van der Waals surface area contributed by atoms with Crippen LogP contribution in [-0.4, -0.2) is 18.6 Å². The summed E-state index contributed by atoms with van der Waals surface area (Å²) < 4.78 is 6.21. The van der Waals surface area contributed by atoms with Crippen LogP contribution in [0.25, 0.3) is 0 Å². The highest BCUT2D eigenvalue weighted by atomic mass is 79.9. The zero-order chi connectivity index (χ0) is 14.4. The Kier molecular flexibility index (Phi) is 5.56. The van der Waals surface area contributed by atoms with Crippen molar-refractivity contribution in [2.45, 2.75) is 19.4 Å². The average Bonchev–Trinajstić information content (AvgIpc) is 2.48. The van der Waals surface area contributed by atoms with Gasteiger partial charge in [0, 0.05) is 16.9 Å². The van der Waals surface area contributed by atoms with Gasteiger partial charge in [-0.3, -0.25) is 4.98 Å². The van der Waals surface area contributed by atoms with E-state index in [0.29, 0.717) is 0 Å². The Morgan fingerprint density at radius 3 is 2.55 bits per heavy atom. The molecule has 1 heterocycles. The van der Waals surface area contributed by atoms with Gasteiger partial charge in [-0.05, 0) is 58.2 Å². The molecule has 1 atom stereocenters. The van der Waals surface area contributed by atoms with Gasteiger partial charge in [0.25, 0.3) is 0 Å². The smallest absolute Gasteiger partial charge is 0.118 e. The predicted molar refractivity (Wildman–Crippen MR) is 85.1 cm³/mol. The molecule has 1 aromatic heterocycles. The molecule has 2 rings (SSSR count). The first-order valence-electron chi connectivity index (χ1n) is 6.72. The molecule has 0 aliphatic rings. The highest BCUT2D eigenvalue weighted by Gasteiger charge is 2.14. The number of methoxy groups -OCH3 is 1. The number of nitrogens with one attached hydrogen (secondary N) is 1. The topological polar surface area (TPSA) is 34.1 Å². The fraction of sp³-hybridized carbons (Fsp3) is 0.312. The van der Waals surface area contributed by atoms with E-state index in [1.54, 1.807) is 13.3 Å². The summed E-state index contributed by atoms with van der Waals surface area (Å²) in [4.78, 5) is 4.26. The van der Waals surface area contributed by atoms with Crippen LogP contribution in [0.15, 0.2) is 47.2 Å². The normalized spacial score (nSPS) is 12.2. The lowest BCUT2D eigenvalue weighted by Crippen LogP contribution is -2.23. The fourth-order valence-corrected chi connectivity index (χ4v) is 2.48. The summed E-state index contributed by atoms with van der Waals surface area (Å²) in [5.41, 5.74) is 2.36. The predicted octanol–water partition coefficient (Wildman–Crippen LogP) is 3.94. The van der Waals surface area contributed by atoms with Gasteiger partial charge in [0.15, 0.2) is 0 Å². The number of rotatable bonds is 6. The third-order valence-corrected chi connectivity index (χ3v) is 3.54. The largest absolute Gasteiger partial charge is 0.497 e. The molecule has 0 bridgehead atoms. The summed E-state index contributed by atoms with van der Waals surface area (Å²) in [6.07, 6.45) is 4.80. The number of hydrogen-bond acceptors (Lipinski definition) is 3. The second-order valence-electron chi connectivity index (χ2n) is 4.60. The van der Waals surface area contributed by atoms with Crippen LogP contribution in [0.1, 0.15) is 30.5 Å². The molecule has 106 valence electrons. The summed E-state index contributed by atoms with van der Waals surface area (Å²) in [7, 11) is 1.68. The van der Waals surface area contributed by atoms with Crippen LogP contribution in [0.5, 0.6) is 5.75 Å². The summed E-state index contributed by atoms with van der Waals surface area (Å²) in [5.74, 6) is 0.871. The molecule has 1 N–H and O–H groups in total. The molecule has 0 radical (unpaired) electrons. The van der Waals surface area contributed by atoms with Crippen molar-refractivity contribution >= 4 is 15.9 Å². The van der Waals surface area contributed by atoms with Crippen molar-refractivity contribution in [3.8, 4) is 5.75 Å². The van der Waals surface area contributed by atoms with Gasteiger partial charge in [0.2, 0.25) is 0 Å². The number of halogens is 1. The van der Waals surface area contributed by atoms with Gasteiger partial charge in [0.05, 0.1) is 13.2 Å². The van der Waals surface area contributed by atoms with Crippen molar-refractivity contribution in [1.82, 2.24) is 10.3 Å². The van der Waals surface area contributed by atoms with E-state index in [0.717, 1.165) is 28.8 Å². The zero-order valence-electron chi connectivity index (χ0n) is 11.8. The maximum absolute atomic E-state index is 5.21. The second kappa shape index (κ2) is 7.41. The molecule has 1 aromatic carbocycles. The molecule has 0 aliphatic heterocycles. The van der Waals surface area contributed by atoms with Crippen molar-refractivity contribution in [3.05, 3.63) is 58.3 Å². The molecule has 0 amide bonds. The fourth-order valence-electron chi connectivity index (χ4n) is 2.10.